The van der Waals surface area contributed by atoms with E-state index in [9.17, 15) is 9.90 Å². The van der Waals surface area contributed by atoms with Gasteiger partial charge in [-0.3, -0.25) is 4.79 Å². The molecule has 1 saturated carbocycles. The molecule has 0 amide bonds. The lowest BCUT2D eigenvalue weighted by Gasteiger charge is -2.30. The molecule has 0 radical (unpaired) electrons. The Bertz CT molecular complexity index is 161. The standard InChI is InChI=1S/C10H18O2/c1-3-8(11)10-7(2)5-4-6-9(10)12/h7-8,10-11H,3-6H2,1-2H3/t7-,8-,10-/m0/s1. The first-order valence-electron chi connectivity index (χ1n) is 4.87. The van der Waals surface area contributed by atoms with E-state index < -0.39 is 6.10 Å². The van der Waals surface area contributed by atoms with Crippen molar-refractivity contribution in [2.24, 2.45) is 11.8 Å². The third-order valence-electron chi connectivity index (χ3n) is 2.90. The number of hydrogen-bond donors (Lipinski definition) is 1. The van der Waals surface area contributed by atoms with Gasteiger partial charge in [0, 0.05) is 12.3 Å². The Labute approximate surface area is 74.0 Å². The van der Waals surface area contributed by atoms with Gasteiger partial charge in [0.25, 0.3) is 0 Å². The predicted octanol–water partition coefficient (Wildman–Crippen LogP) is 1.76. The molecule has 0 aromatic heterocycles. The monoisotopic (exact) mass is 170 g/mol. The van der Waals surface area contributed by atoms with Crippen molar-refractivity contribution in [3.63, 3.8) is 0 Å². The van der Waals surface area contributed by atoms with Crippen LogP contribution in [0.4, 0.5) is 0 Å². The summed E-state index contributed by atoms with van der Waals surface area (Å²) in [6.07, 6.45) is 3.06. The van der Waals surface area contributed by atoms with Gasteiger partial charge in [-0.25, -0.2) is 0 Å². The summed E-state index contributed by atoms with van der Waals surface area (Å²) < 4.78 is 0. The van der Waals surface area contributed by atoms with E-state index in [4.69, 9.17) is 0 Å². The Morgan fingerprint density at radius 1 is 1.67 bits per heavy atom. The molecule has 12 heavy (non-hydrogen) atoms. The number of Topliss-reactive ketones (excluding diaryl/α,β-unsaturated/α-hetero) is 1. The number of carbonyl (C=O) groups is 1. The molecule has 1 fully saturated rings. The normalized spacial score (nSPS) is 33.4. The molecule has 3 atom stereocenters. The molecule has 0 aromatic rings. The van der Waals surface area contributed by atoms with Crippen LogP contribution < -0.4 is 0 Å². The molecular weight excluding hydrogens is 152 g/mol. The number of carbonyl (C=O) groups excluding carboxylic acids is 1. The molecule has 0 saturated heterocycles. The SMILES string of the molecule is CC[C@H](O)[C@H]1C(=O)CCC[C@@H]1C. The summed E-state index contributed by atoms with van der Waals surface area (Å²) in [5, 5.41) is 9.60. The highest BCUT2D eigenvalue weighted by atomic mass is 16.3. The summed E-state index contributed by atoms with van der Waals surface area (Å²) >= 11 is 0. The van der Waals surface area contributed by atoms with Gasteiger partial charge < -0.3 is 5.11 Å². The third kappa shape index (κ3) is 1.86. The van der Waals surface area contributed by atoms with Gasteiger partial charge in [0.05, 0.1) is 6.10 Å². The van der Waals surface area contributed by atoms with Gasteiger partial charge in [0.15, 0.2) is 0 Å². The van der Waals surface area contributed by atoms with Crippen LogP contribution in [0.3, 0.4) is 0 Å². The second-order valence-electron chi connectivity index (χ2n) is 3.84. The molecule has 0 aromatic carbocycles. The lowest BCUT2D eigenvalue weighted by atomic mass is 9.76. The van der Waals surface area contributed by atoms with Gasteiger partial charge >= 0.3 is 0 Å². The molecule has 0 heterocycles. The largest absolute Gasteiger partial charge is 0.392 e. The van der Waals surface area contributed by atoms with Crippen LogP contribution in [0.25, 0.3) is 0 Å². The van der Waals surface area contributed by atoms with Crippen LogP contribution in [-0.2, 0) is 4.79 Å². The molecule has 2 nitrogen and oxygen atoms in total. The first-order chi connectivity index (χ1) is 5.66. The zero-order valence-corrected chi connectivity index (χ0v) is 7.92. The van der Waals surface area contributed by atoms with Crippen molar-refractivity contribution < 1.29 is 9.90 Å². The van der Waals surface area contributed by atoms with E-state index in [0.29, 0.717) is 18.8 Å². The summed E-state index contributed by atoms with van der Waals surface area (Å²) in [6, 6.07) is 0. The lowest BCUT2D eigenvalue weighted by molar-refractivity contribution is -0.131. The number of hydrogen-bond acceptors (Lipinski definition) is 2. The van der Waals surface area contributed by atoms with Gasteiger partial charge in [-0.2, -0.15) is 0 Å². The minimum atomic E-state index is -0.409. The maximum atomic E-state index is 11.4. The Balaban J connectivity index is 2.62. The molecule has 1 N–H and O–H groups in total. The molecule has 2 heteroatoms. The quantitative estimate of drug-likeness (QED) is 0.685. The highest BCUT2D eigenvalue weighted by Crippen LogP contribution is 2.30. The third-order valence-corrected chi connectivity index (χ3v) is 2.90. The fraction of sp³-hybridized carbons (Fsp3) is 0.900. The van der Waals surface area contributed by atoms with Gasteiger partial charge in [-0.15, -0.1) is 0 Å². The van der Waals surface area contributed by atoms with E-state index in [2.05, 4.69) is 6.92 Å². The molecule has 0 spiro atoms. The van der Waals surface area contributed by atoms with E-state index in [0.717, 1.165) is 12.8 Å². The molecule has 0 aliphatic heterocycles. The van der Waals surface area contributed by atoms with Crippen molar-refractivity contribution in [1.82, 2.24) is 0 Å². The van der Waals surface area contributed by atoms with Crippen molar-refractivity contribution in [1.29, 1.82) is 0 Å². The summed E-state index contributed by atoms with van der Waals surface area (Å²) in [7, 11) is 0. The number of aliphatic hydroxyl groups excluding tert-OH is 1. The van der Waals surface area contributed by atoms with E-state index in [1.54, 1.807) is 0 Å². The van der Waals surface area contributed by atoms with E-state index in [1.165, 1.54) is 0 Å². The van der Waals surface area contributed by atoms with E-state index in [-0.39, 0.29) is 11.7 Å². The minimum Gasteiger partial charge on any atom is -0.392 e. The van der Waals surface area contributed by atoms with Crippen molar-refractivity contribution in [3.8, 4) is 0 Å². The molecule has 0 unspecified atom stereocenters. The molecule has 1 rings (SSSR count). The topological polar surface area (TPSA) is 37.3 Å². The number of ketones is 1. The van der Waals surface area contributed by atoms with Crippen LogP contribution in [0, 0.1) is 11.8 Å². The van der Waals surface area contributed by atoms with Crippen LogP contribution in [-0.4, -0.2) is 17.0 Å². The Hall–Kier alpha value is -0.370. The average molecular weight is 170 g/mol. The summed E-state index contributed by atoms with van der Waals surface area (Å²) in [4.78, 5) is 11.4. The number of rotatable bonds is 2. The highest BCUT2D eigenvalue weighted by molar-refractivity contribution is 5.82. The maximum absolute atomic E-state index is 11.4. The van der Waals surface area contributed by atoms with Crippen LogP contribution in [0.2, 0.25) is 0 Å². The lowest BCUT2D eigenvalue weighted by Crippen LogP contribution is -2.36. The predicted molar refractivity (Wildman–Crippen MR) is 47.8 cm³/mol. The first kappa shape index (κ1) is 9.72. The zero-order chi connectivity index (χ0) is 9.14. The number of aliphatic hydroxyl groups is 1. The first-order valence-corrected chi connectivity index (χ1v) is 4.87. The van der Waals surface area contributed by atoms with Crippen molar-refractivity contribution in [2.45, 2.75) is 45.6 Å². The van der Waals surface area contributed by atoms with Gasteiger partial charge in [0.2, 0.25) is 0 Å². The Morgan fingerprint density at radius 2 is 2.33 bits per heavy atom. The molecular formula is C10H18O2. The second-order valence-corrected chi connectivity index (χ2v) is 3.84. The van der Waals surface area contributed by atoms with Crippen LogP contribution >= 0.6 is 0 Å². The van der Waals surface area contributed by atoms with Gasteiger partial charge in [-0.1, -0.05) is 13.8 Å². The summed E-state index contributed by atoms with van der Waals surface area (Å²) in [5.41, 5.74) is 0. The van der Waals surface area contributed by atoms with Crippen LogP contribution in [0.5, 0.6) is 0 Å². The van der Waals surface area contributed by atoms with Gasteiger partial charge in [-0.05, 0) is 25.2 Å². The molecule has 70 valence electrons. The maximum Gasteiger partial charge on any atom is 0.138 e. The fourth-order valence-corrected chi connectivity index (χ4v) is 2.11. The van der Waals surface area contributed by atoms with Gasteiger partial charge in [0.1, 0.15) is 5.78 Å². The van der Waals surface area contributed by atoms with Crippen LogP contribution in [0.1, 0.15) is 39.5 Å². The van der Waals surface area contributed by atoms with Crippen LogP contribution in [0.15, 0.2) is 0 Å². The zero-order valence-electron chi connectivity index (χ0n) is 7.92. The van der Waals surface area contributed by atoms with E-state index in [1.807, 2.05) is 6.92 Å². The molecule has 1 aliphatic carbocycles. The molecule has 1 aliphatic rings. The summed E-state index contributed by atoms with van der Waals surface area (Å²) in [6.45, 7) is 4.00. The average Bonchev–Trinajstić information content (AvgIpc) is 2.03. The molecule has 0 bridgehead atoms. The van der Waals surface area contributed by atoms with Crippen molar-refractivity contribution in [3.05, 3.63) is 0 Å². The van der Waals surface area contributed by atoms with Crippen molar-refractivity contribution in [2.75, 3.05) is 0 Å². The van der Waals surface area contributed by atoms with Crippen molar-refractivity contribution >= 4 is 5.78 Å². The Kier molecular flexibility index (Phi) is 3.27. The Morgan fingerprint density at radius 3 is 2.83 bits per heavy atom. The minimum absolute atomic E-state index is 0.0799. The van der Waals surface area contributed by atoms with E-state index >= 15 is 0 Å². The summed E-state index contributed by atoms with van der Waals surface area (Å²) in [5.74, 6) is 0.563. The second kappa shape index (κ2) is 4.04. The smallest absolute Gasteiger partial charge is 0.138 e. The highest BCUT2D eigenvalue weighted by Gasteiger charge is 2.33. The fourth-order valence-electron chi connectivity index (χ4n) is 2.11.